The highest BCUT2D eigenvalue weighted by Crippen LogP contribution is 2.07. The maximum atomic E-state index is 11.5. The van der Waals surface area contributed by atoms with E-state index >= 15 is 0 Å². The minimum absolute atomic E-state index is 0.0839. The fraction of sp³-hybridized carbons (Fsp3) is 0.273. The fourth-order valence-corrected chi connectivity index (χ4v) is 1.43. The van der Waals surface area contributed by atoms with Crippen LogP contribution in [0.25, 0.3) is 5.65 Å². The Hall–Kier alpha value is -1.84. The summed E-state index contributed by atoms with van der Waals surface area (Å²) in [7, 11) is 3.51. The Balaban J connectivity index is 2.33. The van der Waals surface area contributed by atoms with Gasteiger partial charge in [-0.25, -0.2) is 4.98 Å². The van der Waals surface area contributed by atoms with Crippen molar-refractivity contribution in [2.24, 2.45) is 0 Å². The summed E-state index contributed by atoms with van der Waals surface area (Å²) in [4.78, 5) is 17.3. The number of fused-ring (bicyclic) bond motifs is 1. The van der Waals surface area contributed by atoms with E-state index in [-0.39, 0.29) is 5.91 Å². The summed E-state index contributed by atoms with van der Waals surface area (Å²) in [5.41, 5.74) is 1.79. The Bertz CT molecular complexity index is 487. The highest BCUT2D eigenvalue weighted by molar-refractivity contribution is 5.78. The zero-order chi connectivity index (χ0) is 10.8. The van der Waals surface area contributed by atoms with Gasteiger partial charge in [-0.3, -0.25) is 4.79 Å². The molecule has 0 N–H and O–H groups in total. The number of imidazole rings is 1. The Morgan fingerprint density at radius 2 is 2.27 bits per heavy atom. The second-order valence-corrected chi connectivity index (χ2v) is 3.64. The molecule has 0 aliphatic rings. The summed E-state index contributed by atoms with van der Waals surface area (Å²) < 4.78 is 1.93. The van der Waals surface area contributed by atoms with E-state index in [0.29, 0.717) is 6.42 Å². The lowest BCUT2D eigenvalue weighted by molar-refractivity contribution is -0.128. The smallest absolute Gasteiger partial charge is 0.228 e. The van der Waals surface area contributed by atoms with Crippen LogP contribution in [0.2, 0.25) is 0 Å². The lowest BCUT2D eigenvalue weighted by atomic mass is 10.3. The van der Waals surface area contributed by atoms with E-state index in [4.69, 9.17) is 0 Å². The van der Waals surface area contributed by atoms with E-state index < -0.39 is 0 Å². The monoisotopic (exact) mass is 203 g/mol. The average molecular weight is 203 g/mol. The van der Waals surface area contributed by atoms with Crippen LogP contribution in [0.5, 0.6) is 0 Å². The van der Waals surface area contributed by atoms with Crippen LogP contribution in [0.1, 0.15) is 5.69 Å². The number of nitrogens with zero attached hydrogens (tertiary/aromatic N) is 3. The van der Waals surface area contributed by atoms with Gasteiger partial charge in [0, 0.05) is 26.5 Å². The van der Waals surface area contributed by atoms with Crippen LogP contribution in [0.4, 0.5) is 0 Å². The topological polar surface area (TPSA) is 37.6 Å². The van der Waals surface area contributed by atoms with Crippen LogP contribution in [-0.2, 0) is 11.2 Å². The summed E-state index contributed by atoms with van der Waals surface area (Å²) in [6.07, 6.45) is 4.05. The SMILES string of the molecule is CN(C)C(=O)Cc1cnc2ccccn12. The van der Waals surface area contributed by atoms with Gasteiger partial charge in [0.25, 0.3) is 0 Å². The summed E-state index contributed by atoms with van der Waals surface area (Å²) in [6.45, 7) is 0. The van der Waals surface area contributed by atoms with Gasteiger partial charge in [-0.05, 0) is 12.1 Å². The molecule has 4 heteroatoms. The number of hydrogen-bond donors (Lipinski definition) is 0. The minimum Gasteiger partial charge on any atom is -0.348 e. The van der Waals surface area contributed by atoms with E-state index in [2.05, 4.69) is 4.98 Å². The second kappa shape index (κ2) is 3.73. The number of rotatable bonds is 2. The molecule has 0 spiro atoms. The third-order valence-corrected chi connectivity index (χ3v) is 2.32. The van der Waals surface area contributed by atoms with Crippen LogP contribution >= 0.6 is 0 Å². The van der Waals surface area contributed by atoms with E-state index in [0.717, 1.165) is 11.3 Å². The number of carbonyl (C=O) groups excluding carboxylic acids is 1. The third kappa shape index (κ3) is 1.83. The third-order valence-electron chi connectivity index (χ3n) is 2.32. The highest BCUT2D eigenvalue weighted by atomic mass is 16.2. The van der Waals surface area contributed by atoms with Gasteiger partial charge in [-0.1, -0.05) is 6.07 Å². The van der Waals surface area contributed by atoms with Gasteiger partial charge in [-0.15, -0.1) is 0 Å². The lowest BCUT2D eigenvalue weighted by Gasteiger charge is -2.09. The van der Waals surface area contributed by atoms with Gasteiger partial charge >= 0.3 is 0 Å². The highest BCUT2D eigenvalue weighted by Gasteiger charge is 2.09. The zero-order valence-corrected chi connectivity index (χ0v) is 8.84. The number of pyridine rings is 1. The molecule has 4 nitrogen and oxygen atoms in total. The summed E-state index contributed by atoms with van der Waals surface area (Å²) in [5, 5.41) is 0. The van der Waals surface area contributed by atoms with Gasteiger partial charge in [-0.2, -0.15) is 0 Å². The van der Waals surface area contributed by atoms with Gasteiger partial charge in [0.1, 0.15) is 5.65 Å². The number of likely N-dealkylation sites (N-methyl/N-ethyl adjacent to an activating group) is 1. The minimum atomic E-state index is 0.0839. The molecule has 78 valence electrons. The zero-order valence-electron chi connectivity index (χ0n) is 8.84. The van der Waals surface area contributed by atoms with Crippen molar-refractivity contribution < 1.29 is 4.79 Å². The molecule has 2 aromatic heterocycles. The molecule has 2 heterocycles. The normalized spacial score (nSPS) is 10.5. The van der Waals surface area contributed by atoms with Crippen LogP contribution in [0, 0.1) is 0 Å². The van der Waals surface area contributed by atoms with Gasteiger partial charge in [0.05, 0.1) is 12.1 Å². The molecule has 0 aromatic carbocycles. The Labute approximate surface area is 88.2 Å². The first-order chi connectivity index (χ1) is 7.18. The molecule has 0 saturated carbocycles. The van der Waals surface area contributed by atoms with Gasteiger partial charge < -0.3 is 9.30 Å². The van der Waals surface area contributed by atoms with Crippen molar-refractivity contribution in [3.05, 3.63) is 36.3 Å². The maximum absolute atomic E-state index is 11.5. The Morgan fingerprint density at radius 3 is 3.00 bits per heavy atom. The molecule has 15 heavy (non-hydrogen) atoms. The Morgan fingerprint density at radius 1 is 1.47 bits per heavy atom. The van der Waals surface area contributed by atoms with Crippen molar-refractivity contribution in [3.8, 4) is 0 Å². The molecule has 0 bridgehead atoms. The first kappa shape index (κ1) is 9.71. The first-order valence-corrected chi connectivity index (χ1v) is 4.79. The van der Waals surface area contributed by atoms with Crippen molar-refractivity contribution in [2.75, 3.05) is 14.1 Å². The first-order valence-electron chi connectivity index (χ1n) is 4.79. The molecule has 0 fully saturated rings. The molecule has 0 aliphatic carbocycles. The van der Waals surface area contributed by atoms with E-state index in [1.54, 1.807) is 25.2 Å². The second-order valence-electron chi connectivity index (χ2n) is 3.64. The molecule has 0 unspecified atom stereocenters. The fourth-order valence-electron chi connectivity index (χ4n) is 1.43. The molecule has 0 saturated heterocycles. The lowest BCUT2D eigenvalue weighted by Crippen LogP contribution is -2.24. The summed E-state index contributed by atoms with van der Waals surface area (Å²) >= 11 is 0. The van der Waals surface area contributed by atoms with Crippen molar-refractivity contribution in [2.45, 2.75) is 6.42 Å². The van der Waals surface area contributed by atoms with Crippen molar-refractivity contribution in [1.82, 2.24) is 14.3 Å². The molecule has 2 aromatic rings. The maximum Gasteiger partial charge on any atom is 0.228 e. The van der Waals surface area contributed by atoms with Crippen LogP contribution < -0.4 is 0 Å². The molecule has 2 rings (SSSR count). The summed E-state index contributed by atoms with van der Waals surface area (Å²) in [5.74, 6) is 0.0839. The van der Waals surface area contributed by atoms with Crippen LogP contribution in [0.3, 0.4) is 0 Å². The molecular formula is C11H13N3O. The number of aromatic nitrogens is 2. The molecule has 0 radical (unpaired) electrons. The standard InChI is InChI=1S/C11H13N3O/c1-13(2)11(15)7-9-8-12-10-5-3-4-6-14(9)10/h3-6,8H,7H2,1-2H3. The van der Waals surface area contributed by atoms with E-state index in [1.807, 2.05) is 28.8 Å². The van der Waals surface area contributed by atoms with E-state index in [1.165, 1.54) is 0 Å². The molecule has 0 aliphatic heterocycles. The number of carbonyl (C=O) groups is 1. The number of hydrogen-bond acceptors (Lipinski definition) is 2. The molecule has 1 amide bonds. The van der Waals surface area contributed by atoms with Crippen LogP contribution in [-0.4, -0.2) is 34.3 Å². The quantitative estimate of drug-likeness (QED) is 0.729. The van der Waals surface area contributed by atoms with Crippen molar-refractivity contribution in [3.63, 3.8) is 0 Å². The largest absolute Gasteiger partial charge is 0.348 e. The molecular weight excluding hydrogens is 190 g/mol. The molecule has 0 atom stereocenters. The van der Waals surface area contributed by atoms with Crippen molar-refractivity contribution >= 4 is 11.6 Å². The predicted molar refractivity (Wildman–Crippen MR) is 57.6 cm³/mol. The Kier molecular flexibility index (Phi) is 2.41. The van der Waals surface area contributed by atoms with Crippen molar-refractivity contribution in [1.29, 1.82) is 0 Å². The van der Waals surface area contributed by atoms with Gasteiger partial charge in [0.15, 0.2) is 0 Å². The number of amides is 1. The summed E-state index contributed by atoms with van der Waals surface area (Å²) in [6, 6.07) is 5.78. The van der Waals surface area contributed by atoms with Crippen LogP contribution in [0.15, 0.2) is 30.6 Å². The average Bonchev–Trinajstić information content (AvgIpc) is 2.62. The van der Waals surface area contributed by atoms with Gasteiger partial charge in [0.2, 0.25) is 5.91 Å². The van der Waals surface area contributed by atoms with E-state index in [9.17, 15) is 4.79 Å². The predicted octanol–water partition coefficient (Wildman–Crippen LogP) is 0.965.